The molecule has 0 unspecified atom stereocenters. The van der Waals surface area contributed by atoms with Crippen LogP contribution in [0.1, 0.15) is 48.9 Å². The maximum absolute atomic E-state index is 13.1. The third-order valence-electron chi connectivity index (χ3n) is 4.86. The first-order chi connectivity index (χ1) is 11.3. The van der Waals surface area contributed by atoms with Crippen molar-refractivity contribution in [1.82, 2.24) is 5.06 Å². The molecule has 0 radical (unpaired) electrons. The second-order valence-electron chi connectivity index (χ2n) is 6.37. The third kappa shape index (κ3) is 2.72. The Balaban J connectivity index is 2.65. The van der Waals surface area contributed by atoms with Gasteiger partial charge in [-0.05, 0) is 50.3 Å². The van der Waals surface area contributed by atoms with Crippen LogP contribution in [0.2, 0.25) is 0 Å². The van der Waals surface area contributed by atoms with Crippen LogP contribution in [-0.2, 0) is 14.4 Å². The topological polar surface area (TPSA) is 59.0 Å². The fourth-order valence-corrected chi connectivity index (χ4v) is 3.69. The van der Waals surface area contributed by atoms with E-state index in [0.717, 1.165) is 22.3 Å². The van der Waals surface area contributed by atoms with Crippen molar-refractivity contribution in [3.05, 3.63) is 40.1 Å². The molecule has 0 spiro atoms. The normalized spacial score (nSPS) is 17.1. The van der Waals surface area contributed by atoms with Gasteiger partial charge in [0.1, 0.15) is 11.3 Å². The molecule has 1 heterocycles. The van der Waals surface area contributed by atoms with Gasteiger partial charge in [-0.3, -0.25) is 4.79 Å². The second kappa shape index (κ2) is 6.95. The highest BCUT2D eigenvalue weighted by molar-refractivity contribution is 6.23. The molecule has 0 saturated carbocycles. The van der Waals surface area contributed by atoms with E-state index < -0.39 is 5.54 Å². The average molecular weight is 333 g/mol. The zero-order chi connectivity index (χ0) is 18.1. The fourth-order valence-electron chi connectivity index (χ4n) is 3.69. The number of ether oxygens (including phenoxy) is 1. The van der Waals surface area contributed by atoms with Gasteiger partial charge in [0.05, 0.1) is 5.57 Å². The first-order valence-electron chi connectivity index (χ1n) is 8.32. The van der Waals surface area contributed by atoms with Gasteiger partial charge in [0.2, 0.25) is 0 Å². The number of hydrogen-bond acceptors (Lipinski definition) is 4. The monoisotopic (exact) mass is 333 g/mol. The van der Waals surface area contributed by atoms with Gasteiger partial charge in [0.25, 0.3) is 5.91 Å². The summed E-state index contributed by atoms with van der Waals surface area (Å²) in [5.41, 5.74) is 3.34. The lowest BCUT2D eigenvalue weighted by molar-refractivity contribution is -0.245. The molecule has 0 aliphatic carbocycles. The molecular formula is C19H27NO4. The van der Waals surface area contributed by atoms with Crippen LogP contribution >= 0.6 is 0 Å². The summed E-state index contributed by atoms with van der Waals surface area (Å²) in [5, 5.41) is 12.3. The van der Waals surface area contributed by atoms with Crippen molar-refractivity contribution >= 4 is 11.5 Å². The SMILES string of the molecule is CCC1(CC)C(O)=C(c2c(C)cc(C)cc2C)C(=O)N1OCOC. The zero-order valence-corrected chi connectivity index (χ0v) is 15.4. The minimum absolute atomic E-state index is 0.0418. The summed E-state index contributed by atoms with van der Waals surface area (Å²) in [6.45, 7) is 9.77. The Morgan fingerprint density at radius 1 is 1.12 bits per heavy atom. The number of hydrogen-bond donors (Lipinski definition) is 1. The van der Waals surface area contributed by atoms with Crippen LogP contribution in [0.4, 0.5) is 0 Å². The number of carbonyl (C=O) groups excluding carboxylic acids is 1. The van der Waals surface area contributed by atoms with E-state index in [1.807, 2.05) is 46.8 Å². The Bertz CT molecular complexity index is 651. The Hall–Kier alpha value is -1.85. The smallest absolute Gasteiger partial charge is 0.282 e. The predicted molar refractivity (Wildman–Crippen MR) is 93.3 cm³/mol. The largest absolute Gasteiger partial charge is 0.509 e. The van der Waals surface area contributed by atoms with Gasteiger partial charge in [-0.1, -0.05) is 31.5 Å². The molecule has 5 heteroatoms. The van der Waals surface area contributed by atoms with Gasteiger partial charge in [-0.2, -0.15) is 0 Å². The molecule has 1 aliphatic rings. The zero-order valence-electron chi connectivity index (χ0n) is 15.4. The van der Waals surface area contributed by atoms with Crippen molar-refractivity contribution in [2.75, 3.05) is 13.9 Å². The van der Waals surface area contributed by atoms with Crippen LogP contribution in [0, 0.1) is 20.8 Å². The Morgan fingerprint density at radius 3 is 2.12 bits per heavy atom. The van der Waals surface area contributed by atoms with Crippen LogP contribution in [-0.4, -0.2) is 35.5 Å². The summed E-state index contributed by atoms with van der Waals surface area (Å²) < 4.78 is 4.96. The molecule has 1 aromatic rings. The Labute approximate surface area is 143 Å². The molecule has 2 rings (SSSR count). The Kier molecular flexibility index (Phi) is 5.35. The number of aliphatic hydroxyl groups is 1. The average Bonchev–Trinajstić information content (AvgIpc) is 2.73. The summed E-state index contributed by atoms with van der Waals surface area (Å²) in [5.74, 6) is -0.230. The highest BCUT2D eigenvalue weighted by atomic mass is 16.8. The van der Waals surface area contributed by atoms with E-state index in [4.69, 9.17) is 9.57 Å². The lowest BCUT2D eigenvalue weighted by Gasteiger charge is -2.35. The van der Waals surface area contributed by atoms with Gasteiger partial charge < -0.3 is 9.84 Å². The number of amides is 1. The van der Waals surface area contributed by atoms with Crippen molar-refractivity contribution in [3.8, 4) is 0 Å². The summed E-state index contributed by atoms with van der Waals surface area (Å²) in [7, 11) is 1.50. The maximum Gasteiger partial charge on any atom is 0.282 e. The van der Waals surface area contributed by atoms with E-state index in [1.54, 1.807) is 0 Å². The Morgan fingerprint density at radius 2 is 1.67 bits per heavy atom. The highest BCUT2D eigenvalue weighted by Gasteiger charge is 2.52. The minimum Gasteiger partial charge on any atom is -0.509 e. The molecule has 0 atom stereocenters. The van der Waals surface area contributed by atoms with Gasteiger partial charge in [0.15, 0.2) is 6.79 Å². The lowest BCUT2D eigenvalue weighted by Crippen LogP contribution is -2.47. The van der Waals surface area contributed by atoms with E-state index in [0.29, 0.717) is 18.4 Å². The maximum atomic E-state index is 13.1. The third-order valence-corrected chi connectivity index (χ3v) is 4.86. The number of rotatable bonds is 6. The number of nitrogens with zero attached hydrogens (tertiary/aromatic N) is 1. The first-order valence-corrected chi connectivity index (χ1v) is 8.32. The van der Waals surface area contributed by atoms with E-state index in [2.05, 4.69) is 0 Å². The molecule has 0 bridgehead atoms. The van der Waals surface area contributed by atoms with Crippen molar-refractivity contribution < 1.29 is 19.5 Å². The molecule has 1 N–H and O–H groups in total. The molecule has 5 nitrogen and oxygen atoms in total. The predicted octanol–water partition coefficient (Wildman–Crippen LogP) is 3.82. The number of aliphatic hydroxyl groups excluding tert-OH is 1. The quantitative estimate of drug-likeness (QED) is 0.804. The van der Waals surface area contributed by atoms with Crippen molar-refractivity contribution in [2.24, 2.45) is 0 Å². The number of aryl methyl sites for hydroxylation is 3. The number of hydroxylamine groups is 2. The molecule has 24 heavy (non-hydrogen) atoms. The molecule has 1 aliphatic heterocycles. The van der Waals surface area contributed by atoms with Crippen molar-refractivity contribution in [2.45, 2.75) is 53.0 Å². The van der Waals surface area contributed by atoms with Crippen molar-refractivity contribution in [1.29, 1.82) is 0 Å². The number of methoxy groups -OCH3 is 1. The van der Waals surface area contributed by atoms with Crippen LogP contribution in [0.15, 0.2) is 17.9 Å². The lowest BCUT2D eigenvalue weighted by atomic mass is 9.88. The van der Waals surface area contributed by atoms with Gasteiger partial charge >= 0.3 is 0 Å². The molecule has 132 valence electrons. The highest BCUT2D eigenvalue weighted by Crippen LogP contribution is 2.44. The standard InChI is InChI=1S/C19H27NO4/c1-7-19(8-2)17(21)16(18(22)20(19)24-11-23-6)15-13(4)9-12(3)10-14(15)5/h9-10,21H,7-8,11H2,1-6H3. The summed E-state index contributed by atoms with van der Waals surface area (Å²) in [4.78, 5) is 18.6. The van der Waals surface area contributed by atoms with E-state index in [1.165, 1.54) is 12.2 Å². The van der Waals surface area contributed by atoms with Crippen LogP contribution < -0.4 is 0 Å². The molecule has 0 fully saturated rings. The van der Waals surface area contributed by atoms with Gasteiger partial charge in [-0.25, -0.2) is 9.90 Å². The molecule has 1 aromatic carbocycles. The van der Waals surface area contributed by atoms with Crippen LogP contribution in [0.5, 0.6) is 0 Å². The van der Waals surface area contributed by atoms with Gasteiger partial charge in [0, 0.05) is 7.11 Å². The summed E-state index contributed by atoms with van der Waals surface area (Å²) in [6, 6.07) is 4.04. The van der Waals surface area contributed by atoms with E-state index in [-0.39, 0.29) is 18.5 Å². The van der Waals surface area contributed by atoms with Crippen molar-refractivity contribution in [3.63, 3.8) is 0 Å². The molecular weight excluding hydrogens is 306 g/mol. The number of carbonyl (C=O) groups is 1. The second-order valence-corrected chi connectivity index (χ2v) is 6.37. The van der Waals surface area contributed by atoms with E-state index in [9.17, 15) is 9.90 Å². The summed E-state index contributed by atoms with van der Waals surface area (Å²) in [6.07, 6.45) is 1.11. The summed E-state index contributed by atoms with van der Waals surface area (Å²) >= 11 is 0. The van der Waals surface area contributed by atoms with Crippen LogP contribution in [0.25, 0.3) is 5.57 Å². The minimum atomic E-state index is -0.852. The molecule has 0 aromatic heterocycles. The fraction of sp³-hybridized carbons (Fsp3) is 0.526. The van der Waals surface area contributed by atoms with Gasteiger partial charge in [-0.15, -0.1) is 0 Å². The van der Waals surface area contributed by atoms with Crippen LogP contribution in [0.3, 0.4) is 0 Å². The first kappa shape index (κ1) is 18.5. The number of benzene rings is 1. The molecule has 0 saturated heterocycles. The van der Waals surface area contributed by atoms with E-state index >= 15 is 0 Å². The molecule has 1 amide bonds.